The third-order valence-electron chi connectivity index (χ3n) is 7.91. The van der Waals surface area contributed by atoms with E-state index in [0.717, 1.165) is 0 Å². The molecule has 2 amide bonds. The normalized spacial score (nSPS) is 26.0. The minimum Gasteiger partial charge on any atom is -0.508 e. The summed E-state index contributed by atoms with van der Waals surface area (Å²) in [6.07, 6.45) is -0.820. The van der Waals surface area contributed by atoms with Crippen LogP contribution >= 0.6 is 0 Å². The number of hydrogen-bond donors (Lipinski definition) is 7. The Bertz CT molecular complexity index is 1420. The Morgan fingerprint density at radius 2 is 1.83 bits per heavy atom. The largest absolute Gasteiger partial charge is 0.508 e. The van der Waals surface area contributed by atoms with E-state index in [-0.39, 0.29) is 48.2 Å². The molecule has 3 aliphatic carbocycles. The number of Topliss-reactive ketones (excluding diaryl/α,β-unsaturated/α-hetero) is 2. The summed E-state index contributed by atoms with van der Waals surface area (Å²) < 4.78 is 5.21. The molecule has 0 bridgehead atoms. The number of likely N-dealkylation sites (N-methyl/N-ethyl adjacent to an activating group) is 1. The molecule has 13 heteroatoms. The highest BCUT2D eigenvalue weighted by molar-refractivity contribution is 6.24. The van der Waals surface area contributed by atoms with Gasteiger partial charge in [0.25, 0.3) is 5.91 Å². The Morgan fingerprint density at radius 3 is 2.37 bits per heavy atom. The van der Waals surface area contributed by atoms with Crippen LogP contribution in [0.5, 0.6) is 5.75 Å². The van der Waals surface area contributed by atoms with Crippen LogP contribution in [-0.4, -0.2) is 81.2 Å². The van der Waals surface area contributed by atoms with Gasteiger partial charge in [0.2, 0.25) is 5.78 Å². The highest BCUT2D eigenvalue weighted by atomic mass is 16.5. The monoisotopic (exact) mass is 572 g/mol. The van der Waals surface area contributed by atoms with Crippen LogP contribution in [0, 0.1) is 17.3 Å². The minimum absolute atomic E-state index is 0.0460. The molecule has 0 spiro atoms. The zero-order valence-electron chi connectivity index (χ0n) is 23.6. The van der Waals surface area contributed by atoms with Crippen LogP contribution in [0.15, 0.2) is 23.0 Å². The molecule has 222 valence electrons. The number of nitrogens with two attached hydrogens (primary N) is 2. The summed E-state index contributed by atoms with van der Waals surface area (Å²) in [6.45, 7) is 5.64. The van der Waals surface area contributed by atoms with Gasteiger partial charge in [0.1, 0.15) is 22.8 Å². The first-order valence-electron chi connectivity index (χ1n) is 13.1. The van der Waals surface area contributed by atoms with Gasteiger partial charge in [0.05, 0.1) is 23.9 Å². The third kappa shape index (κ3) is 4.73. The predicted octanol–water partition coefficient (Wildman–Crippen LogP) is 1.02. The predicted molar refractivity (Wildman–Crippen MR) is 147 cm³/mol. The number of carbonyl (C=O) groups excluding carboxylic acids is 4. The number of fused-ring (bicyclic) bond motifs is 3. The number of aromatic hydroxyl groups is 1. The number of hydrogen-bond acceptors (Lipinski definition) is 11. The highest BCUT2D eigenvalue weighted by Gasteiger charge is 2.64. The number of amides is 2. The average molecular weight is 573 g/mol. The molecule has 4 rings (SSSR count). The molecule has 13 nitrogen and oxygen atoms in total. The topological polar surface area (TPSA) is 226 Å². The number of nitrogens with one attached hydrogen (secondary N) is 1. The Labute approximate surface area is 236 Å². The Kier molecular flexibility index (Phi) is 7.44. The first-order chi connectivity index (χ1) is 18.9. The molecule has 1 aromatic rings. The molecule has 4 atom stereocenters. The van der Waals surface area contributed by atoms with Gasteiger partial charge in [-0.05, 0) is 55.5 Å². The van der Waals surface area contributed by atoms with Gasteiger partial charge >= 0.3 is 6.09 Å². The van der Waals surface area contributed by atoms with E-state index in [9.17, 15) is 39.6 Å². The molecule has 1 aromatic carbocycles. The number of rotatable bonds is 5. The van der Waals surface area contributed by atoms with Crippen molar-refractivity contribution in [1.82, 2.24) is 4.90 Å². The quantitative estimate of drug-likeness (QED) is 0.195. The van der Waals surface area contributed by atoms with Crippen molar-refractivity contribution in [2.75, 3.05) is 26.0 Å². The molecule has 0 aromatic heterocycles. The molecule has 1 unspecified atom stereocenters. The zero-order valence-corrected chi connectivity index (χ0v) is 23.6. The summed E-state index contributed by atoms with van der Waals surface area (Å²) in [5.74, 6) is -7.60. The van der Waals surface area contributed by atoms with Crippen LogP contribution in [0.1, 0.15) is 43.9 Å². The van der Waals surface area contributed by atoms with E-state index in [0.29, 0.717) is 11.1 Å². The lowest BCUT2D eigenvalue weighted by Gasteiger charge is -2.50. The number of anilines is 1. The number of primary amides is 1. The van der Waals surface area contributed by atoms with Gasteiger partial charge in [-0.3, -0.25) is 24.6 Å². The SMILES string of the molecule is CN(C)C1C(=O)C(C(N)=O)=C(O)[C@@]2(O)C(=O)C3=C(O)c4c(O)c(NC(=O)OCC(C)(C)C)cc(CN)c4C[C@H]3C[C@@H]12. The fourth-order valence-corrected chi connectivity index (χ4v) is 6.09. The molecule has 0 heterocycles. The van der Waals surface area contributed by atoms with Crippen molar-refractivity contribution in [2.45, 2.75) is 51.8 Å². The summed E-state index contributed by atoms with van der Waals surface area (Å²) in [4.78, 5) is 53.1. The second-order valence-corrected chi connectivity index (χ2v) is 12.2. The van der Waals surface area contributed by atoms with Crippen molar-refractivity contribution in [2.24, 2.45) is 28.7 Å². The molecular weight excluding hydrogens is 536 g/mol. The lowest BCUT2D eigenvalue weighted by atomic mass is 9.57. The molecule has 0 saturated heterocycles. The summed E-state index contributed by atoms with van der Waals surface area (Å²) in [5.41, 5.74) is 7.66. The summed E-state index contributed by atoms with van der Waals surface area (Å²) in [7, 11) is 3.05. The molecule has 1 saturated carbocycles. The van der Waals surface area contributed by atoms with Crippen LogP contribution in [0.25, 0.3) is 5.76 Å². The maximum atomic E-state index is 14.0. The zero-order chi connectivity index (χ0) is 30.8. The highest BCUT2D eigenvalue weighted by Crippen LogP contribution is 2.53. The van der Waals surface area contributed by atoms with E-state index < -0.39 is 69.9 Å². The van der Waals surface area contributed by atoms with E-state index in [1.807, 2.05) is 20.8 Å². The number of aliphatic hydroxyl groups is 3. The maximum Gasteiger partial charge on any atom is 0.411 e. The first-order valence-corrected chi connectivity index (χ1v) is 13.1. The van der Waals surface area contributed by atoms with Crippen LogP contribution in [0.3, 0.4) is 0 Å². The van der Waals surface area contributed by atoms with Crippen LogP contribution in [0.4, 0.5) is 10.5 Å². The number of phenolic OH excluding ortho intramolecular Hbond substituents is 1. The fraction of sp³-hybridized carbons (Fsp3) is 0.500. The van der Waals surface area contributed by atoms with E-state index >= 15 is 0 Å². The Morgan fingerprint density at radius 1 is 1.20 bits per heavy atom. The van der Waals surface area contributed by atoms with Gasteiger partial charge in [-0.1, -0.05) is 20.8 Å². The van der Waals surface area contributed by atoms with Gasteiger partial charge in [-0.25, -0.2) is 4.79 Å². The average Bonchev–Trinajstić information content (AvgIpc) is 2.85. The second-order valence-electron chi connectivity index (χ2n) is 12.2. The number of ketones is 2. The van der Waals surface area contributed by atoms with E-state index in [2.05, 4.69) is 5.32 Å². The van der Waals surface area contributed by atoms with Crippen molar-refractivity contribution in [1.29, 1.82) is 0 Å². The van der Waals surface area contributed by atoms with Gasteiger partial charge in [0.15, 0.2) is 11.4 Å². The molecule has 9 N–H and O–H groups in total. The standard InChI is InChI=1S/C28H36N4O9/c1-27(2,3)10-41-26(39)31-15-8-12(9-29)13-6-11-7-14-19(32(4)5)22(35)18(25(30)38)24(37)28(14,40)23(36)16(11)21(34)17(13)20(15)33/h8,11,14,19,33-34,37,40H,6-7,9-10,29H2,1-5H3,(H2,30,38)(H,31,39)/t11-,14-,19?,28-/m0/s1. The lowest BCUT2D eigenvalue weighted by molar-refractivity contribution is -0.153. The number of phenols is 1. The second kappa shape index (κ2) is 10.2. The van der Waals surface area contributed by atoms with Gasteiger partial charge in [-0.2, -0.15) is 0 Å². The molecule has 3 aliphatic rings. The van der Waals surface area contributed by atoms with Crippen LogP contribution < -0.4 is 16.8 Å². The van der Waals surface area contributed by atoms with Crippen molar-refractivity contribution >= 4 is 35.0 Å². The van der Waals surface area contributed by atoms with E-state index in [1.54, 1.807) is 0 Å². The maximum absolute atomic E-state index is 14.0. The Balaban J connectivity index is 1.86. The molecular formula is C28H36N4O9. The number of ether oxygens (including phenoxy) is 1. The van der Waals surface area contributed by atoms with Crippen LogP contribution in [0.2, 0.25) is 0 Å². The minimum atomic E-state index is -2.75. The summed E-state index contributed by atoms with van der Waals surface area (Å²) >= 11 is 0. The number of benzene rings is 1. The number of carbonyl (C=O) groups is 4. The van der Waals surface area contributed by atoms with Crippen LogP contribution in [-0.2, 0) is 32.1 Å². The molecule has 41 heavy (non-hydrogen) atoms. The van der Waals surface area contributed by atoms with Crippen molar-refractivity contribution in [3.63, 3.8) is 0 Å². The van der Waals surface area contributed by atoms with E-state index in [4.69, 9.17) is 16.2 Å². The lowest BCUT2D eigenvalue weighted by Crippen LogP contribution is -2.65. The number of nitrogens with zero attached hydrogens (tertiary/aromatic N) is 1. The fourth-order valence-electron chi connectivity index (χ4n) is 6.09. The number of aliphatic hydroxyl groups excluding tert-OH is 2. The van der Waals surface area contributed by atoms with Gasteiger partial charge < -0.3 is 36.6 Å². The van der Waals surface area contributed by atoms with Crippen molar-refractivity contribution in [3.8, 4) is 5.75 Å². The van der Waals surface area contributed by atoms with Crippen molar-refractivity contribution < 1.29 is 44.3 Å². The first kappa shape index (κ1) is 30.0. The van der Waals surface area contributed by atoms with Gasteiger partial charge in [0, 0.05) is 18.0 Å². The summed E-state index contributed by atoms with van der Waals surface area (Å²) in [6, 6.07) is 0.271. The molecule has 1 fully saturated rings. The molecule has 0 aliphatic heterocycles. The third-order valence-corrected chi connectivity index (χ3v) is 7.91. The smallest absolute Gasteiger partial charge is 0.411 e. The van der Waals surface area contributed by atoms with Crippen molar-refractivity contribution in [3.05, 3.63) is 39.7 Å². The van der Waals surface area contributed by atoms with Gasteiger partial charge in [-0.15, -0.1) is 0 Å². The summed E-state index contributed by atoms with van der Waals surface area (Å²) in [5, 5.41) is 47.6. The van der Waals surface area contributed by atoms with E-state index in [1.165, 1.54) is 25.1 Å². The Hall–Kier alpha value is -3.94. The molecule has 0 radical (unpaired) electrons.